The van der Waals surface area contributed by atoms with Crippen LogP contribution in [0.5, 0.6) is 5.75 Å². The minimum Gasteiger partial charge on any atom is -0.490 e. The Bertz CT molecular complexity index is 1670. The molecular formula is C32H31F9N4NaO5. The number of amides is 1. The molecule has 51 heavy (non-hydrogen) atoms. The van der Waals surface area contributed by atoms with Crippen LogP contribution in [0.2, 0.25) is 0 Å². The summed E-state index contributed by atoms with van der Waals surface area (Å²) < 4.78 is 133. The maximum absolute atomic E-state index is 13.8. The zero-order chi connectivity index (χ0) is 37.0. The van der Waals surface area contributed by atoms with Crippen molar-refractivity contribution in [2.24, 2.45) is 0 Å². The summed E-state index contributed by atoms with van der Waals surface area (Å²) in [4.78, 5) is 33.5. The van der Waals surface area contributed by atoms with E-state index in [1.807, 2.05) is 0 Å². The van der Waals surface area contributed by atoms with Crippen LogP contribution >= 0.6 is 0 Å². The molecule has 3 aromatic rings. The Labute approximate surface area is 307 Å². The molecule has 2 atom stereocenters. The molecule has 2 heterocycles. The third kappa shape index (κ3) is 10.6. The normalized spacial score (nSPS) is 16.2. The SMILES string of the molecule is CCOC(=O)N1c2ccc(C(F)(F)F)cc2[C@@H](Nc2ncc(OCCCC(=O)O)c(Cc3cc(C(F)(F)F)cc(C(F)(F)F)c3)n2)C[C@H]1CC.[Na]. The van der Waals surface area contributed by atoms with E-state index in [0.717, 1.165) is 24.4 Å². The van der Waals surface area contributed by atoms with E-state index < -0.39 is 71.3 Å². The first-order valence-corrected chi connectivity index (χ1v) is 15.2. The minimum atomic E-state index is -5.12. The maximum atomic E-state index is 13.8. The predicted molar refractivity (Wildman–Crippen MR) is 165 cm³/mol. The van der Waals surface area contributed by atoms with E-state index in [1.165, 1.54) is 4.90 Å². The summed E-state index contributed by atoms with van der Waals surface area (Å²) in [5.74, 6) is -1.56. The van der Waals surface area contributed by atoms with E-state index >= 15 is 0 Å². The number of fused-ring (bicyclic) bond motifs is 1. The molecule has 0 unspecified atom stereocenters. The van der Waals surface area contributed by atoms with Crippen molar-refractivity contribution in [3.63, 3.8) is 0 Å². The maximum Gasteiger partial charge on any atom is 0.416 e. The molecule has 19 heteroatoms. The van der Waals surface area contributed by atoms with Crippen molar-refractivity contribution in [1.29, 1.82) is 0 Å². The molecule has 2 N–H and O–H groups in total. The number of nitrogens with one attached hydrogen (secondary N) is 1. The van der Waals surface area contributed by atoms with Gasteiger partial charge in [-0.3, -0.25) is 9.69 Å². The molecule has 1 amide bonds. The monoisotopic (exact) mass is 745 g/mol. The number of carboxylic acid groups (broad SMARTS) is 1. The van der Waals surface area contributed by atoms with Gasteiger partial charge in [-0.2, -0.15) is 39.5 Å². The van der Waals surface area contributed by atoms with E-state index in [-0.39, 0.29) is 96.7 Å². The van der Waals surface area contributed by atoms with Gasteiger partial charge in [-0.1, -0.05) is 6.92 Å². The molecule has 0 spiro atoms. The Hall–Kier alpha value is -3.77. The number of ether oxygens (including phenoxy) is 2. The van der Waals surface area contributed by atoms with Crippen LogP contribution in [-0.2, 0) is 34.5 Å². The second-order valence-corrected chi connectivity index (χ2v) is 11.3. The van der Waals surface area contributed by atoms with Crippen LogP contribution in [-0.4, -0.2) is 75.9 Å². The Balaban J connectivity index is 0.00000702. The van der Waals surface area contributed by atoms with Gasteiger partial charge in [0.2, 0.25) is 5.95 Å². The molecule has 0 saturated heterocycles. The molecule has 0 bridgehead atoms. The number of aromatic nitrogens is 2. The second kappa shape index (κ2) is 16.7. The number of nitrogens with zero attached hydrogens (tertiary/aromatic N) is 3. The first kappa shape index (κ1) is 41.6. The minimum absolute atomic E-state index is 0. The Morgan fingerprint density at radius 3 is 2.12 bits per heavy atom. The quantitative estimate of drug-likeness (QED) is 0.115. The number of benzene rings is 2. The molecule has 9 nitrogen and oxygen atoms in total. The zero-order valence-corrected chi connectivity index (χ0v) is 29.5. The van der Waals surface area contributed by atoms with Crippen LogP contribution in [0.25, 0.3) is 0 Å². The fourth-order valence-electron chi connectivity index (χ4n) is 5.46. The molecule has 1 aliphatic rings. The average Bonchev–Trinajstić information content (AvgIpc) is 3.02. The Morgan fingerprint density at radius 2 is 1.57 bits per heavy atom. The third-order valence-corrected chi connectivity index (χ3v) is 7.74. The van der Waals surface area contributed by atoms with Crippen LogP contribution in [0.15, 0.2) is 42.6 Å². The van der Waals surface area contributed by atoms with Crippen molar-refractivity contribution in [1.82, 2.24) is 9.97 Å². The fourth-order valence-corrected chi connectivity index (χ4v) is 5.46. The smallest absolute Gasteiger partial charge is 0.416 e. The predicted octanol–water partition coefficient (Wildman–Crippen LogP) is 8.29. The van der Waals surface area contributed by atoms with Gasteiger partial charge in [0.15, 0.2) is 5.75 Å². The molecule has 273 valence electrons. The topological polar surface area (TPSA) is 114 Å². The van der Waals surface area contributed by atoms with Gasteiger partial charge in [-0.15, -0.1) is 0 Å². The van der Waals surface area contributed by atoms with E-state index in [1.54, 1.807) is 13.8 Å². The number of hydrogen-bond donors (Lipinski definition) is 2. The van der Waals surface area contributed by atoms with Gasteiger partial charge in [-0.25, -0.2) is 14.8 Å². The number of carbonyl (C=O) groups is 2. The van der Waals surface area contributed by atoms with Crippen LogP contribution < -0.4 is 15.0 Å². The molecule has 0 fully saturated rings. The van der Waals surface area contributed by atoms with Gasteiger partial charge in [0.25, 0.3) is 0 Å². The van der Waals surface area contributed by atoms with E-state index in [4.69, 9.17) is 14.6 Å². The summed E-state index contributed by atoms with van der Waals surface area (Å²) in [6.45, 7) is 3.10. The summed E-state index contributed by atoms with van der Waals surface area (Å²) >= 11 is 0. The molecule has 4 rings (SSSR count). The summed E-state index contributed by atoms with van der Waals surface area (Å²) in [7, 11) is 0. The van der Waals surface area contributed by atoms with E-state index in [0.29, 0.717) is 18.6 Å². The number of hydrogen-bond acceptors (Lipinski definition) is 7. The van der Waals surface area contributed by atoms with Crippen molar-refractivity contribution in [3.05, 3.63) is 76.1 Å². The van der Waals surface area contributed by atoms with Gasteiger partial charge in [0.1, 0.15) is 0 Å². The number of carboxylic acids is 1. The standard InChI is InChI=1S/C32H31F9N4O5.Na/c1-3-21-15-23(22-14-18(30(33,34)35)7-8-25(22)45(21)29(48)49-4-2)43-28-42-16-26(50-9-5-6-27(46)47)24(44-28)12-17-10-19(31(36,37)38)13-20(11-17)32(39,40)41;/h7-8,10-11,13-14,16,21,23H,3-6,9,12,15H2,1-2H3,(H,46,47)(H,42,43,44);/t21-,23+;/m1./s1. The van der Waals surface area contributed by atoms with Crippen molar-refractivity contribution < 1.29 is 63.7 Å². The van der Waals surface area contributed by atoms with Crippen molar-refractivity contribution in [3.8, 4) is 5.75 Å². The molecule has 1 aliphatic heterocycles. The fraction of sp³-hybridized carbons (Fsp3) is 0.438. The summed E-state index contributed by atoms with van der Waals surface area (Å²) in [6.07, 6.45) is -15.3. The molecule has 0 aliphatic carbocycles. The zero-order valence-electron chi connectivity index (χ0n) is 27.5. The summed E-state index contributed by atoms with van der Waals surface area (Å²) in [5.41, 5.74) is -4.62. The van der Waals surface area contributed by atoms with E-state index in [9.17, 15) is 49.1 Å². The number of alkyl halides is 9. The third-order valence-electron chi connectivity index (χ3n) is 7.74. The Morgan fingerprint density at radius 1 is 0.941 bits per heavy atom. The molecule has 1 aromatic heterocycles. The molecule has 2 aromatic carbocycles. The van der Waals surface area contributed by atoms with Crippen LogP contribution in [0.1, 0.15) is 79.1 Å². The number of halogens is 9. The Kier molecular flexibility index (Phi) is 13.6. The number of aliphatic carboxylic acids is 1. The van der Waals surface area contributed by atoms with E-state index in [2.05, 4.69) is 15.3 Å². The van der Waals surface area contributed by atoms with Crippen molar-refractivity contribution in [2.75, 3.05) is 23.4 Å². The molecular weight excluding hydrogens is 714 g/mol. The van der Waals surface area contributed by atoms with Crippen LogP contribution in [0.4, 0.5) is 55.9 Å². The largest absolute Gasteiger partial charge is 0.490 e. The van der Waals surface area contributed by atoms with Crippen LogP contribution in [0, 0.1) is 0 Å². The van der Waals surface area contributed by atoms with Crippen LogP contribution in [0.3, 0.4) is 0 Å². The van der Waals surface area contributed by atoms with Gasteiger partial charge in [-0.05, 0) is 73.7 Å². The first-order chi connectivity index (χ1) is 23.3. The average molecular weight is 746 g/mol. The molecule has 1 radical (unpaired) electrons. The van der Waals surface area contributed by atoms with Gasteiger partial charge >= 0.3 is 30.6 Å². The first-order valence-electron chi connectivity index (χ1n) is 15.2. The summed E-state index contributed by atoms with van der Waals surface area (Å²) in [5, 5.41) is 11.8. The van der Waals surface area contributed by atoms with Gasteiger partial charge in [0.05, 0.1) is 53.5 Å². The van der Waals surface area contributed by atoms with Gasteiger partial charge in [0, 0.05) is 48.4 Å². The number of rotatable bonds is 11. The summed E-state index contributed by atoms with van der Waals surface area (Å²) in [6, 6.07) is 2.29. The number of anilines is 2. The molecule has 0 saturated carbocycles. The van der Waals surface area contributed by atoms with Crippen molar-refractivity contribution in [2.45, 2.75) is 76.6 Å². The second-order valence-electron chi connectivity index (χ2n) is 11.3. The number of carbonyl (C=O) groups excluding carboxylic acids is 1. The van der Waals surface area contributed by atoms with Crippen molar-refractivity contribution >= 4 is 53.3 Å². The van der Waals surface area contributed by atoms with Gasteiger partial charge < -0.3 is 19.9 Å².